The minimum atomic E-state index is 0.163. The van der Waals surface area contributed by atoms with Gasteiger partial charge in [-0.05, 0) is 30.2 Å². The monoisotopic (exact) mass is 425 g/mol. The smallest absolute Gasteiger partial charge is 0.253 e. The Morgan fingerprint density at radius 1 is 1.17 bits per heavy atom. The van der Waals surface area contributed by atoms with Crippen LogP contribution in [0.5, 0.6) is 0 Å². The molecule has 30 heavy (non-hydrogen) atoms. The average Bonchev–Trinajstić information content (AvgIpc) is 3.56. The molecule has 1 aliphatic heterocycles. The maximum atomic E-state index is 5.90. The molecule has 4 aromatic rings. The van der Waals surface area contributed by atoms with Crippen LogP contribution in [-0.2, 0) is 17.0 Å². The van der Waals surface area contributed by atoms with Crippen LogP contribution < -0.4 is 0 Å². The summed E-state index contributed by atoms with van der Waals surface area (Å²) in [6, 6.07) is 9.76. The summed E-state index contributed by atoms with van der Waals surface area (Å²) in [5.74, 6) is 1.92. The molecule has 154 valence electrons. The van der Waals surface area contributed by atoms with E-state index >= 15 is 0 Å². The second kappa shape index (κ2) is 8.36. The number of hydrogen-bond acceptors (Lipinski definition) is 10. The van der Waals surface area contributed by atoms with Crippen molar-refractivity contribution in [3.05, 3.63) is 42.0 Å². The van der Waals surface area contributed by atoms with Crippen LogP contribution in [0, 0.1) is 6.92 Å². The minimum absolute atomic E-state index is 0.163. The maximum absolute atomic E-state index is 5.90. The number of nitrogens with zero attached hydrogens (tertiary/aromatic N) is 7. The Morgan fingerprint density at radius 3 is 2.90 bits per heavy atom. The van der Waals surface area contributed by atoms with E-state index in [1.807, 2.05) is 37.3 Å². The first-order valence-corrected chi connectivity index (χ1v) is 10.6. The Kier molecular flexibility index (Phi) is 5.28. The number of benzene rings is 1. The lowest BCUT2D eigenvalue weighted by Gasteiger charge is -2.09. The van der Waals surface area contributed by atoms with E-state index in [4.69, 9.17) is 13.7 Å². The van der Waals surface area contributed by atoms with Crippen LogP contribution in [-0.4, -0.2) is 48.3 Å². The number of aryl methyl sites for hydroxylation is 1. The van der Waals surface area contributed by atoms with Gasteiger partial charge in [-0.3, -0.25) is 0 Å². The Morgan fingerprint density at radius 2 is 2.07 bits per heavy atom. The number of tetrazole rings is 1. The van der Waals surface area contributed by atoms with E-state index in [0.29, 0.717) is 46.3 Å². The fourth-order valence-corrected chi connectivity index (χ4v) is 4.08. The van der Waals surface area contributed by atoms with Gasteiger partial charge in [0.1, 0.15) is 17.0 Å². The van der Waals surface area contributed by atoms with Crippen molar-refractivity contribution in [2.45, 2.75) is 43.3 Å². The molecule has 10 nitrogen and oxygen atoms in total. The van der Waals surface area contributed by atoms with Gasteiger partial charge < -0.3 is 13.7 Å². The van der Waals surface area contributed by atoms with E-state index in [1.54, 1.807) is 4.68 Å². The van der Waals surface area contributed by atoms with Gasteiger partial charge in [0.05, 0.1) is 18.4 Å². The summed E-state index contributed by atoms with van der Waals surface area (Å²) in [5.41, 5.74) is 2.30. The number of rotatable bonds is 7. The molecule has 1 aromatic carbocycles. The van der Waals surface area contributed by atoms with E-state index in [-0.39, 0.29) is 6.10 Å². The van der Waals surface area contributed by atoms with Crippen LogP contribution in [0.1, 0.15) is 24.5 Å². The highest BCUT2D eigenvalue weighted by Gasteiger charge is 2.23. The van der Waals surface area contributed by atoms with E-state index < -0.39 is 0 Å². The van der Waals surface area contributed by atoms with Gasteiger partial charge >= 0.3 is 0 Å². The molecule has 0 aliphatic carbocycles. The summed E-state index contributed by atoms with van der Waals surface area (Å²) < 4.78 is 18.7. The molecule has 0 N–H and O–H groups in total. The first-order chi connectivity index (χ1) is 14.8. The molecule has 1 saturated heterocycles. The zero-order chi connectivity index (χ0) is 20.3. The van der Waals surface area contributed by atoms with E-state index in [9.17, 15) is 0 Å². The third-order valence-corrected chi connectivity index (χ3v) is 5.76. The van der Waals surface area contributed by atoms with E-state index in [2.05, 4.69) is 30.9 Å². The van der Waals surface area contributed by atoms with E-state index in [0.717, 1.165) is 25.0 Å². The predicted molar refractivity (Wildman–Crippen MR) is 106 cm³/mol. The highest BCUT2D eigenvalue weighted by molar-refractivity contribution is 7.98. The van der Waals surface area contributed by atoms with Gasteiger partial charge in [0.25, 0.3) is 5.89 Å². The highest BCUT2D eigenvalue weighted by atomic mass is 32.2. The summed E-state index contributed by atoms with van der Waals surface area (Å²) in [7, 11) is 0. The Hall–Kier alpha value is -3.05. The molecular formula is C19H19N7O3S. The standard InChI is InChI=1S/C19H19N7O3S/c1-12-16(17(23-29-12)13-6-3-2-4-7-13)18-21-20-15(28-18)11-30-19-22-24-25-26(19)10-14-8-5-9-27-14/h2-4,6-7,14H,5,8-11H2,1H3. The van der Waals surface area contributed by atoms with Crippen molar-refractivity contribution in [2.24, 2.45) is 0 Å². The van der Waals surface area contributed by atoms with Gasteiger partial charge in [-0.25, -0.2) is 4.68 Å². The summed E-state index contributed by atoms with van der Waals surface area (Å²) in [4.78, 5) is 0. The fraction of sp³-hybridized carbons (Fsp3) is 0.368. The van der Waals surface area contributed by atoms with Crippen LogP contribution in [0.4, 0.5) is 0 Å². The van der Waals surface area contributed by atoms with Crippen LogP contribution in [0.2, 0.25) is 0 Å². The lowest BCUT2D eigenvalue weighted by Crippen LogP contribution is -2.16. The zero-order valence-corrected chi connectivity index (χ0v) is 17.1. The van der Waals surface area contributed by atoms with Gasteiger partial charge in [0.2, 0.25) is 11.0 Å². The molecule has 0 bridgehead atoms. The topological polar surface area (TPSA) is 118 Å². The highest BCUT2D eigenvalue weighted by Crippen LogP contribution is 2.34. The predicted octanol–water partition coefficient (Wildman–Crippen LogP) is 3.16. The largest absolute Gasteiger partial charge is 0.420 e. The first kappa shape index (κ1) is 18.9. The lowest BCUT2D eigenvalue weighted by molar-refractivity contribution is 0.0912. The van der Waals surface area contributed by atoms with Gasteiger partial charge in [-0.2, -0.15) is 0 Å². The number of aromatic nitrogens is 7. The van der Waals surface area contributed by atoms with Crippen molar-refractivity contribution >= 4 is 11.8 Å². The summed E-state index contributed by atoms with van der Waals surface area (Å²) in [6.45, 7) is 3.27. The molecule has 1 unspecified atom stereocenters. The normalized spacial score (nSPS) is 16.4. The van der Waals surface area contributed by atoms with Gasteiger partial charge in [-0.1, -0.05) is 47.3 Å². The number of thioether (sulfide) groups is 1. The summed E-state index contributed by atoms with van der Waals surface area (Å²) in [5, 5.41) is 25.2. The van der Waals surface area contributed by atoms with Crippen LogP contribution >= 0.6 is 11.8 Å². The van der Waals surface area contributed by atoms with Crippen LogP contribution in [0.25, 0.3) is 22.7 Å². The molecule has 0 amide bonds. The molecule has 3 aromatic heterocycles. The Balaban J connectivity index is 1.31. The van der Waals surface area contributed by atoms with Crippen molar-refractivity contribution in [1.82, 2.24) is 35.6 Å². The zero-order valence-electron chi connectivity index (χ0n) is 16.3. The molecule has 1 atom stereocenters. The minimum Gasteiger partial charge on any atom is -0.420 e. The average molecular weight is 425 g/mol. The molecule has 1 fully saturated rings. The van der Waals surface area contributed by atoms with Crippen LogP contribution in [0.15, 0.2) is 44.4 Å². The molecule has 0 radical (unpaired) electrons. The molecular weight excluding hydrogens is 406 g/mol. The second-order valence-electron chi connectivity index (χ2n) is 6.90. The Labute approximate surface area is 176 Å². The lowest BCUT2D eigenvalue weighted by atomic mass is 10.1. The van der Waals surface area contributed by atoms with Gasteiger partial charge in [-0.15, -0.1) is 15.3 Å². The fourth-order valence-electron chi connectivity index (χ4n) is 3.35. The number of hydrogen-bond donors (Lipinski definition) is 0. The Bertz CT molecular complexity index is 1120. The first-order valence-electron chi connectivity index (χ1n) is 9.63. The molecule has 4 heterocycles. The molecule has 0 saturated carbocycles. The van der Waals surface area contributed by atoms with E-state index in [1.165, 1.54) is 11.8 Å². The van der Waals surface area contributed by atoms with Crippen LogP contribution in [0.3, 0.4) is 0 Å². The van der Waals surface area contributed by atoms with Crippen molar-refractivity contribution in [2.75, 3.05) is 6.61 Å². The van der Waals surface area contributed by atoms with Crippen molar-refractivity contribution in [3.63, 3.8) is 0 Å². The molecule has 1 aliphatic rings. The van der Waals surface area contributed by atoms with Crippen molar-refractivity contribution in [1.29, 1.82) is 0 Å². The summed E-state index contributed by atoms with van der Waals surface area (Å²) >= 11 is 1.44. The van der Waals surface area contributed by atoms with Crippen molar-refractivity contribution < 1.29 is 13.7 Å². The summed E-state index contributed by atoms with van der Waals surface area (Å²) in [6.07, 6.45) is 2.27. The number of ether oxygens (including phenoxy) is 1. The maximum Gasteiger partial charge on any atom is 0.253 e. The van der Waals surface area contributed by atoms with Gasteiger partial charge in [0.15, 0.2) is 0 Å². The second-order valence-corrected chi connectivity index (χ2v) is 7.84. The third kappa shape index (κ3) is 3.85. The van der Waals surface area contributed by atoms with Crippen molar-refractivity contribution in [3.8, 4) is 22.7 Å². The molecule has 0 spiro atoms. The quantitative estimate of drug-likeness (QED) is 0.409. The van der Waals surface area contributed by atoms with Gasteiger partial charge in [0, 0.05) is 12.2 Å². The molecule has 11 heteroatoms. The third-order valence-electron chi connectivity index (χ3n) is 4.82. The molecule has 5 rings (SSSR count). The SMILES string of the molecule is Cc1onc(-c2ccccc2)c1-c1nnc(CSc2nnnn2CC2CCCO2)o1.